The molecule has 0 aliphatic carbocycles. The number of hydrogen-bond donors (Lipinski definition) is 0. The molecule has 2 heterocycles. The monoisotopic (exact) mass is 339 g/mol. The minimum Gasteiger partial charge on any atom is -0.371 e. The summed E-state index contributed by atoms with van der Waals surface area (Å²) in [7, 11) is 0. The third-order valence-corrected chi connectivity index (χ3v) is 4.63. The molecule has 4 nitrogen and oxygen atoms in total. The second-order valence-corrected chi connectivity index (χ2v) is 6.27. The van der Waals surface area contributed by atoms with Crippen molar-refractivity contribution < 1.29 is 4.74 Å². The molecule has 0 N–H and O–H groups in total. The van der Waals surface area contributed by atoms with Crippen LogP contribution in [0.4, 0.5) is 0 Å². The van der Waals surface area contributed by atoms with Crippen LogP contribution in [0.1, 0.15) is 18.1 Å². The molecule has 0 spiro atoms. The molecule has 1 atom stereocenters. The molecule has 118 valence electrons. The molecule has 1 aliphatic heterocycles. The van der Waals surface area contributed by atoms with Crippen LogP contribution in [0.25, 0.3) is 0 Å². The average Bonchev–Trinajstić information content (AvgIpc) is 3.04. The fourth-order valence-electron chi connectivity index (χ4n) is 2.71. The van der Waals surface area contributed by atoms with E-state index in [0.717, 1.165) is 44.8 Å². The topological polar surface area (TPSA) is 30.3 Å². The van der Waals surface area contributed by atoms with Crippen LogP contribution < -0.4 is 0 Å². The van der Waals surface area contributed by atoms with Gasteiger partial charge < -0.3 is 4.74 Å². The van der Waals surface area contributed by atoms with Crippen LogP contribution in [-0.2, 0) is 11.3 Å². The van der Waals surface area contributed by atoms with E-state index < -0.39 is 0 Å². The number of aromatic nitrogens is 2. The maximum absolute atomic E-state index is 6.10. The van der Waals surface area contributed by atoms with Gasteiger partial charge in [-0.2, -0.15) is 5.10 Å². The SMILES string of the molecule is Clc1ccc([C@@H]2CN(CCCn3cccn3)CCO2)cc1Cl. The van der Waals surface area contributed by atoms with Crippen molar-refractivity contribution in [3.63, 3.8) is 0 Å². The first kappa shape index (κ1) is 15.8. The van der Waals surface area contributed by atoms with Gasteiger partial charge in [0, 0.05) is 38.6 Å². The number of nitrogens with zero attached hydrogens (tertiary/aromatic N) is 3. The molecule has 0 saturated carbocycles. The molecule has 22 heavy (non-hydrogen) atoms. The molecular formula is C16H19Cl2N3O. The van der Waals surface area contributed by atoms with Gasteiger partial charge in [0.25, 0.3) is 0 Å². The van der Waals surface area contributed by atoms with Crippen LogP contribution >= 0.6 is 23.2 Å². The normalized spacial score (nSPS) is 19.5. The molecule has 2 aromatic rings. The first-order valence-electron chi connectivity index (χ1n) is 7.49. The molecule has 1 aromatic heterocycles. The van der Waals surface area contributed by atoms with E-state index in [1.165, 1.54) is 0 Å². The number of ether oxygens (including phenoxy) is 1. The van der Waals surface area contributed by atoms with E-state index in [1.54, 1.807) is 0 Å². The van der Waals surface area contributed by atoms with Gasteiger partial charge in [-0.05, 0) is 30.2 Å². The van der Waals surface area contributed by atoms with Gasteiger partial charge in [-0.25, -0.2) is 0 Å². The highest BCUT2D eigenvalue weighted by Gasteiger charge is 2.22. The van der Waals surface area contributed by atoms with Gasteiger partial charge in [0.1, 0.15) is 0 Å². The van der Waals surface area contributed by atoms with E-state index in [1.807, 2.05) is 41.3 Å². The number of rotatable bonds is 5. The summed E-state index contributed by atoms with van der Waals surface area (Å²) in [5.41, 5.74) is 1.09. The molecule has 3 rings (SSSR count). The Morgan fingerprint density at radius 1 is 1.23 bits per heavy atom. The lowest BCUT2D eigenvalue weighted by molar-refractivity contribution is -0.0305. The van der Waals surface area contributed by atoms with Gasteiger partial charge in [-0.1, -0.05) is 29.3 Å². The average molecular weight is 340 g/mol. The maximum Gasteiger partial charge on any atom is 0.0952 e. The van der Waals surface area contributed by atoms with Crippen molar-refractivity contribution >= 4 is 23.2 Å². The van der Waals surface area contributed by atoms with Crippen LogP contribution in [0.2, 0.25) is 10.0 Å². The minimum atomic E-state index is 0.0632. The fraction of sp³-hybridized carbons (Fsp3) is 0.438. The number of aryl methyl sites for hydroxylation is 1. The van der Waals surface area contributed by atoms with Gasteiger partial charge in [0.05, 0.1) is 22.8 Å². The zero-order chi connectivity index (χ0) is 15.4. The van der Waals surface area contributed by atoms with E-state index >= 15 is 0 Å². The molecule has 0 bridgehead atoms. The highest BCUT2D eigenvalue weighted by Crippen LogP contribution is 2.29. The van der Waals surface area contributed by atoms with Gasteiger partial charge in [-0.15, -0.1) is 0 Å². The highest BCUT2D eigenvalue weighted by molar-refractivity contribution is 6.42. The van der Waals surface area contributed by atoms with Crippen molar-refractivity contribution in [3.8, 4) is 0 Å². The summed E-state index contributed by atoms with van der Waals surface area (Å²) in [6, 6.07) is 7.68. The van der Waals surface area contributed by atoms with Crippen LogP contribution in [0, 0.1) is 0 Å². The van der Waals surface area contributed by atoms with Crippen molar-refractivity contribution in [1.82, 2.24) is 14.7 Å². The minimum absolute atomic E-state index is 0.0632. The van der Waals surface area contributed by atoms with Crippen molar-refractivity contribution in [2.24, 2.45) is 0 Å². The Kier molecular flexibility index (Phi) is 5.37. The van der Waals surface area contributed by atoms with Crippen LogP contribution in [0.3, 0.4) is 0 Å². The largest absolute Gasteiger partial charge is 0.371 e. The molecule has 1 saturated heterocycles. The number of morpholine rings is 1. The maximum atomic E-state index is 6.10. The molecule has 0 radical (unpaired) electrons. The van der Waals surface area contributed by atoms with E-state index in [4.69, 9.17) is 27.9 Å². The Morgan fingerprint density at radius 3 is 2.91 bits per heavy atom. The summed E-state index contributed by atoms with van der Waals surface area (Å²) in [4.78, 5) is 2.43. The van der Waals surface area contributed by atoms with Crippen molar-refractivity contribution in [2.75, 3.05) is 26.2 Å². The Balaban J connectivity index is 1.53. The summed E-state index contributed by atoms with van der Waals surface area (Å²) in [5, 5.41) is 5.39. The van der Waals surface area contributed by atoms with Gasteiger partial charge in [0.15, 0.2) is 0 Å². The van der Waals surface area contributed by atoms with E-state index in [9.17, 15) is 0 Å². The second kappa shape index (κ2) is 7.47. The summed E-state index contributed by atoms with van der Waals surface area (Å²) >= 11 is 12.1. The Morgan fingerprint density at radius 2 is 2.14 bits per heavy atom. The number of halogens is 2. The first-order valence-corrected chi connectivity index (χ1v) is 8.24. The van der Waals surface area contributed by atoms with E-state index in [2.05, 4.69) is 10.00 Å². The third-order valence-electron chi connectivity index (χ3n) is 3.89. The quantitative estimate of drug-likeness (QED) is 0.832. The molecule has 0 unspecified atom stereocenters. The third kappa shape index (κ3) is 4.02. The van der Waals surface area contributed by atoms with E-state index in [-0.39, 0.29) is 6.10 Å². The van der Waals surface area contributed by atoms with Crippen LogP contribution in [0.5, 0.6) is 0 Å². The standard InChI is InChI=1S/C16H19Cl2N3O/c17-14-4-3-13(11-15(14)18)16-12-20(9-10-22-16)6-2-8-21-7-1-5-19-21/h1,3-5,7,11,16H,2,6,8-10,12H2/t16-/m0/s1. The summed E-state index contributed by atoms with van der Waals surface area (Å²) < 4.78 is 7.85. The summed E-state index contributed by atoms with van der Waals surface area (Å²) in [5.74, 6) is 0. The number of hydrogen-bond acceptors (Lipinski definition) is 3. The first-order chi connectivity index (χ1) is 10.7. The van der Waals surface area contributed by atoms with Crippen molar-refractivity contribution in [1.29, 1.82) is 0 Å². The lowest BCUT2D eigenvalue weighted by atomic mass is 10.1. The van der Waals surface area contributed by atoms with Crippen molar-refractivity contribution in [3.05, 3.63) is 52.3 Å². The van der Waals surface area contributed by atoms with Crippen LogP contribution in [0.15, 0.2) is 36.7 Å². The Bertz CT molecular complexity index is 603. The van der Waals surface area contributed by atoms with Gasteiger partial charge in [0.2, 0.25) is 0 Å². The van der Waals surface area contributed by atoms with Crippen molar-refractivity contribution in [2.45, 2.75) is 19.1 Å². The Labute approximate surface area is 140 Å². The fourth-order valence-corrected chi connectivity index (χ4v) is 3.02. The van der Waals surface area contributed by atoms with E-state index in [0.29, 0.717) is 10.0 Å². The molecular weight excluding hydrogens is 321 g/mol. The second-order valence-electron chi connectivity index (χ2n) is 5.46. The van der Waals surface area contributed by atoms with Gasteiger partial charge >= 0.3 is 0 Å². The molecule has 1 aromatic carbocycles. The van der Waals surface area contributed by atoms with Gasteiger partial charge in [-0.3, -0.25) is 9.58 Å². The lowest BCUT2D eigenvalue weighted by Gasteiger charge is -2.33. The zero-order valence-electron chi connectivity index (χ0n) is 12.3. The predicted octanol–water partition coefficient (Wildman–Crippen LogP) is 3.65. The molecule has 6 heteroatoms. The zero-order valence-corrected chi connectivity index (χ0v) is 13.8. The predicted molar refractivity (Wildman–Crippen MR) is 88.4 cm³/mol. The molecule has 1 fully saturated rings. The number of benzene rings is 1. The highest BCUT2D eigenvalue weighted by atomic mass is 35.5. The summed E-state index contributed by atoms with van der Waals surface area (Å²) in [6.07, 6.45) is 4.95. The van der Waals surface area contributed by atoms with Crippen LogP contribution in [-0.4, -0.2) is 40.9 Å². The Hall–Kier alpha value is -1.07. The smallest absolute Gasteiger partial charge is 0.0952 e. The lowest BCUT2D eigenvalue weighted by Crippen LogP contribution is -2.39. The molecule has 1 aliphatic rings. The summed E-state index contributed by atoms with van der Waals surface area (Å²) in [6.45, 7) is 4.59. The molecule has 0 amide bonds.